The van der Waals surface area contributed by atoms with E-state index in [-0.39, 0.29) is 18.3 Å². The van der Waals surface area contributed by atoms with Crippen LogP contribution >= 0.6 is 11.3 Å². The van der Waals surface area contributed by atoms with Gasteiger partial charge >= 0.3 is 0 Å². The number of hydrogen-bond acceptors (Lipinski definition) is 4. The number of aliphatic hydroxyl groups is 1. The molecule has 0 saturated carbocycles. The lowest BCUT2D eigenvalue weighted by Gasteiger charge is -2.07. The first-order chi connectivity index (χ1) is 9.19. The molecule has 0 amide bonds. The van der Waals surface area contributed by atoms with Crippen LogP contribution in [0, 0.1) is 11.7 Å². The average Bonchev–Trinajstić information content (AvgIpc) is 2.88. The van der Waals surface area contributed by atoms with Gasteiger partial charge in [0.2, 0.25) is 0 Å². The molecule has 1 atom stereocenters. The molecule has 2 rings (SSSR count). The molecule has 0 saturated heterocycles. The normalized spacial score (nSPS) is 12.6. The summed E-state index contributed by atoms with van der Waals surface area (Å²) in [5.41, 5.74) is 1.90. The topological polar surface area (TPSA) is 45.1 Å². The number of benzene rings is 1. The first-order valence-corrected chi connectivity index (χ1v) is 7.09. The molecule has 3 nitrogen and oxygen atoms in total. The molecule has 0 bridgehead atoms. The smallest absolute Gasteiger partial charge is 0.123 e. The summed E-state index contributed by atoms with van der Waals surface area (Å²) in [7, 11) is 0. The molecular weight excluding hydrogens is 263 g/mol. The number of rotatable bonds is 6. The Labute approximate surface area is 116 Å². The van der Waals surface area contributed by atoms with E-state index < -0.39 is 0 Å². The van der Waals surface area contributed by atoms with Crippen LogP contribution in [0.4, 0.5) is 4.39 Å². The summed E-state index contributed by atoms with van der Waals surface area (Å²) in [6, 6.07) is 6.35. The number of aliphatic hydroxyl groups excluding tert-OH is 1. The van der Waals surface area contributed by atoms with Crippen LogP contribution in [0.1, 0.15) is 12.6 Å². The Kier molecular flexibility index (Phi) is 5.01. The standard InChI is InChI=1S/C14H17FN2OS/c1-10(8-18)6-16-7-13-9-19-14(17-13)11-2-4-12(15)5-3-11/h2-5,9-10,16,18H,6-8H2,1H3. The largest absolute Gasteiger partial charge is 0.396 e. The third-order valence-electron chi connectivity index (χ3n) is 2.75. The van der Waals surface area contributed by atoms with Gasteiger partial charge in [0.05, 0.1) is 5.69 Å². The van der Waals surface area contributed by atoms with Crippen LogP contribution in [0.5, 0.6) is 0 Å². The van der Waals surface area contributed by atoms with Crippen molar-refractivity contribution >= 4 is 11.3 Å². The van der Waals surface area contributed by atoms with Crippen molar-refractivity contribution in [1.29, 1.82) is 0 Å². The Bertz CT molecular complexity index is 512. The Morgan fingerprint density at radius 2 is 2.11 bits per heavy atom. The number of hydrogen-bond donors (Lipinski definition) is 2. The lowest BCUT2D eigenvalue weighted by molar-refractivity contribution is 0.233. The van der Waals surface area contributed by atoms with E-state index in [0.717, 1.165) is 22.8 Å². The fourth-order valence-electron chi connectivity index (χ4n) is 1.62. The van der Waals surface area contributed by atoms with Crippen LogP contribution in [0.25, 0.3) is 10.6 Å². The average molecular weight is 280 g/mol. The minimum atomic E-state index is -0.236. The molecule has 0 aliphatic heterocycles. The van der Waals surface area contributed by atoms with E-state index in [2.05, 4.69) is 10.3 Å². The highest BCUT2D eigenvalue weighted by Crippen LogP contribution is 2.23. The van der Waals surface area contributed by atoms with Gasteiger partial charge in [-0.2, -0.15) is 0 Å². The first-order valence-electron chi connectivity index (χ1n) is 6.21. The third-order valence-corrected chi connectivity index (χ3v) is 3.69. The monoisotopic (exact) mass is 280 g/mol. The van der Waals surface area contributed by atoms with Crippen molar-refractivity contribution < 1.29 is 9.50 Å². The van der Waals surface area contributed by atoms with Gasteiger partial charge in [-0.15, -0.1) is 11.3 Å². The molecule has 5 heteroatoms. The van der Waals surface area contributed by atoms with Gasteiger partial charge in [0, 0.05) is 30.6 Å². The van der Waals surface area contributed by atoms with Crippen molar-refractivity contribution in [2.24, 2.45) is 5.92 Å². The van der Waals surface area contributed by atoms with Crippen LogP contribution in [0.15, 0.2) is 29.6 Å². The highest BCUT2D eigenvalue weighted by molar-refractivity contribution is 7.13. The molecule has 0 aliphatic carbocycles. The Balaban J connectivity index is 1.93. The summed E-state index contributed by atoms with van der Waals surface area (Å²) in [6.07, 6.45) is 0. The van der Waals surface area contributed by atoms with Gasteiger partial charge in [0.25, 0.3) is 0 Å². The minimum absolute atomic E-state index is 0.185. The zero-order chi connectivity index (χ0) is 13.7. The quantitative estimate of drug-likeness (QED) is 0.855. The van der Waals surface area contributed by atoms with E-state index in [9.17, 15) is 4.39 Å². The third kappa shape index (κ3) is 4.09. The molecule has 1 aromatic carbocycles. The van der Waals surface area contributed by atoms with Crippen molar-refractivity contribution in [3.8, 4) is 10.6 Å². The molecule has 1 aromatic heterocycles. The molecule has 0 aliphatic rings. The van der Waals surface area contributed by atoms with E-state index in [1.807, 2.05) is 12.3 Å². The summed E-state index contributed by atoms with van der Waals surface area (Å²) in [4.78, 5) is 4.50. The lowest BCUT2D eigenvalue weighted by atomic mass is 10.2. The second-order valence-corrected chi connectivity index (χ2v) is 5.43. The maximum absolute atomic E-state index is 12.8. The second kappa shape index (κ2) is 6.75. The zero-order valence-electron chi connectivity index (χ0n) is 10.8. The molecule has 102 valence electrons. The van der Waals surface area contributed by atoms with Gasteiger partial charge in [-0.25, -0.2) is 9.37 Å². The van der Waals surface area contributed by atoms with E-state index in [1.165, 1.54) is 12.1 Å². The number of aromatic nitrogens is 1. The van der Waals surface area contributed by atoms with Crippen LogP contribution in [-0.4, -0.2) is 23.2 Å². The van der Waals surface area contributed by atoms with Gasteiger partial charge in [0.1, 0.15) is 10.8 Å². The van der Waals surface area contributed by atoms with Crippen LogP contribution < -0.4 is 5.32 Å². The molecular formula is C14H17FN2OS. The fraction of sp³-hybridized carbons (Fsp3) is 0.357. The van der Waals surface area contributed by atoms with Gasteiger partial charge in [-0.1, -0.05) is 6.92 Å². The van der Waals surface area contributed by atoms with Crippen molar-refractivity contribution in [2.45, 2.75) is 13.5 Å². The molecule has 0 spiro atoms. The van der Waals surface area contributed by atoms with Gasteiger partial charge in [0.15, 0.2) is 0 Å². The molecule has 2 aromatic rings. The summed E-state index contributed by atoms with van der Waals surface area (Å²) in [6.45, 7) is 3.62. The molecule has 0 fully saturated rings. The van der Waals surface area contributed by atoms with Crippen molar-refractivity contribution in [2.75, 3.05) is 13.2 Å². The molecule has 0 radical (unpaired) electrons. The van der Waals surface area contributed by atoms with E-state index in [1.54, 1.807) is 23.5 Å². The highest BCUT2D eigenvalue weighted by Gasteiger charge is 2.05. The van der Waals surface area contributed by atoms with Crippen molar-refractivity contribution in [3.63, 3.8) is 0 Å². The molecule has 1 heterocycles. The minimum Gasteiger partial charge on any atom is -0.396 e. The first kappa shape index (κ1) is 14.1. The van der Waals surface area contributed by atoms with Gasteiger partial charge in [-0.05, 0) is 30.2 Å². The van der Waals surface area contributed by atoms with Crippen LogP contribution in [0.2, 0.25) is 0 Å². The molecule has 2 N–H and O–H groups in total. The number of nitrogens with zero attached hydrogens (tertiary/aromatic N) is 1. The number of nitrogens with one attached hydrogen (secondary N) is 1. The van der Waals surface area contributed by atoms with Crippen LogP contribution in [-0.2, 0) is 6.54 Å². The summed E-state index contributed by atoms with van der Waals surface area (Å²) in [5.74, 6) is 0.00962. The maximum Gasteiger partial charge on any atom is 0.123 e. The van der Waals surface area contributed by atoms with Crippen molar-refractivity contribution in [3.05, 3.63) is 41.2 Å². The number of thiazole rings is 1. The second-order valence-electron chi connectivity index (χ2n) is 4.57. The van der Waals surface area contributed by atoms with Crippen molar-refractivity contribution in [1.82, 2.24) is 10.3 Å². The predicted molar refractivity (Wildman–Crippen MR) is 75.5 cm³/mol. The maximum atomic E-state index is 12.8. The molecule has 1 unspecified atom stereocenters. The molecule has 19 heavy (non-hydrogen) atoms. The Morgan fingerprint density at radius 1 is 1.37 bits per heavy atom. The predicted octanol–water partition coefficient (Wildman–Crippen LogP) is 2.67. The highest BCUT2D eigenvalue weighted by atomic mass is 32.1. The van der Waals surface area contributed by atoms with Crippen LogP contribution in [0.3, 0.4) is 0 Å². The van der Waals surface area contributed by atoms with E-state index in [0.29, 0.717) is 6.54 Å². The summed E-state index contributed by atoms with van der Waals surface area (Å²) < 4.78 is 12.8. The Hall–Kier alpha value is -1.30. The SMILES string of the molecule is CC(CO)CNCc1csc(-c2ccc(F)cc2)n1. The zero-order valence-corrected chi connectivity index (χ0v) is 11.6. The number of halogens is 1. The van der Waals surface area contributed by atoms with Gasteiger partial charge < -0.3 is 10.4 Å². The Morgan fingerprint density at radius 3 is 2.79 bits per heavy atom. The summed E-state index contributed by atoms with van der Waals surface area (Å²) in [5, 5.41) is 15.1. The fourth-order valence-corrected chi connectivity index (χ4v) is 2.45. The summed E-state index contributed by atoms with van der Waals surface area (Å²) >= 11 is 1.55. The lowest BCUT2D eigenvalue weighted by Crippen LogP contribution is -2.22. The van der Waals surface area contributed by atoms with E-state index in [4.69, 9.17) is 5.11 Å². The van der Waals surface area contributed by atoms with Gasteiger partial charge in [-0.3, -0.25) is 0 Å². The van der Waals surface area contributed by atoms with E-state index >= 15 is 0 Å².